The molecule has 0 saturated carbocycles. The Balaban J connectivity index is 1.67. The van der Waals surface area contributed by atoms with E-state index < -0.39 is 0 Å². The summed E-state index contributed by atoms with van der Waals surface area (Å²) < 4.78 is 1.97. The van der Waals surface area contributed by atoms with Crippen molar-refractivity contribution in [2.45, 2.75) is 26.8 Å². The van der Waals surface area contributed by atoms with Gasteiger partial charge in [-0.2, -0.15) is 5.10 Å². The van der Waals surface area contributed by atoms with Crippen LogP contribution >= 0.6 is 0 Å². The highest BCUT2D eigenvalue weighted by atomic mass is 16.2. The second kappa shape index (κ2) is 8.03. The van der Waals surface area contributed by atoms with Crippen LogP contribution in [-0.2, 0) is 6.54 Å². The van der Waals surface area contributed by atoms with Crippen LogP contribution in [0.25, 0.3) is 0 Å². The molecule has 0 radical (unpaired) electrons. The molecule has 24 heavy (non-hydrogen) atoms. The Labute approximate surface area is 143 Å². The lowest BCUT2D eigenvalue weighted by molar-refractivity contribution is 0.129. The second-order valence-corrected chi connectivity index (χ2v) is 6.39. The molecule has 1 N–H and O–H groups in total. The average Bonchev–Trinajstić information content (AvgIpc) is 2.88. The topological polar surface area (TPSA) is 73.7 Å². The number of amides is 4. The molecule has 0 atom stereocenters. The Kier molecular flexibility index (Phi) is 6.05. The second-order valence-electron chi connectivity index (χ2n) is 6.39. The lowest BCUT2D eigenvalue weighted by Crippen LogP contribution is -2.54. The lowest BCUT2D eigenvalue weighted by atomic mass is 10.3. The predicted octanol–water partition coefficient (Wildman–Crippen LogP) is 0.899. The third-order valence-electron chi connectivity index (χ3n) is 4.15. The highest BCUT2D eigenvalue weighted by Gasteiger charge is 2.24. The third-order valence-corrected chi connectivity index (χ3v) is 4.15. The van der Waals surface area contributed by atoms with E-state index in [1.165, 1.54) is 0 Å². The van der Waals surface area contributed by atoms with Crippen LogP contribution in [0.2, 0.25) is 0 Å². The minimum atomic E-state index is -0.0553. The Morgan fingerprint density at radius 1 is 1.17 bits per heavy atom. The fraction of sp³-hybridized carbons (Fsp3) is 0.688. The number of hydrogen-bond donors (Lipinski definition) is 1. The van der Waals surface area contributed by atoms with Crippen LogP contribution in [0.5, 0.6) is 0 Å². The molecule has 8 heteroatoms. The van der Waals surface area contributed by atoms with E-state index in [0.717, 1.165) is 24.4 Å². The summed E-state index contributed by atoms with van der Waals surface area (Å²) in [6.45, 7) is 7.73. The molecule has 2 rings (SSSR count). The monoisotopic (exact) mass is 336 g/mol. The first-order chi connectivity index (χ1) is 11.4. The van der Waals surface area contributed by atoms with Crippen LogP contribution in [0.15, 0.2) is 6.07 Å². The van der Waals surface area contributed by atoms with E-state index in [9.17, 15) is 9.59 Å². The fourth-order valence-corrected chi connectivity index (χ4v) is 2.82. The first-order valence-electron chi connectivity index (χ1n) is 8.38. The van der Waals surface area contributed by atoms with Gasteiger partial charge in [-0.05, 0) is 26.3 Å². The average molecular weight is 336 g/mol. The number of nitrogens with zero attached hydrogens (tertiary/aromatic N) is 5. The van der Waals surface area contributed by atoms with Crippen LogP contribution in [0.3, 0.4) is 0 Å². The van der Waals surface area contributed by atoms with Gasteiger partial charge in [0, 0.05) is 59.1 Å². The Morgan fingerprint density at radius 2 is 1.79 bits per heavy atom. The number of urea groups is 2. The highest BCUT2D eigenvalue weighted by Crippen LogP contribution is 2.05. The molecule has 0 aliphatic carbocycles. The van der Waals surface area contributed by atoms with Gasteiger partial charge in [0.05, 0.1) is 5.69 Å². The highest BCUT2D eigenvalue weighted by molar-refractivity contribution is 5.76. The van der Waals surface area contributed by atoms with Gasteiger partial charge >= 0.3 is 12.1 Å². The van der Waals surface area contributed by atoms with Crippen molar-refractivity contribution in [2.24, 2.45) is 0 Å². The molecule has 1 fully saturated rings. The summed E-state index contributed by atoms with van der Waals surface area (Å²) in [5.74, 6) is 0. The molecule has 1 aromatic rings. The molecule has 0 aromatic carbocycles. The van der Waals surface area contributed by atoms with Crippen LogP contribution in [0.1, 0.15) is 17.8 Å². The van der Waals surface area contributed by atoms with Crippen molar-refractivity contribution in [2.75, 3.05) is 46.8 Å². The van der Waals surface area contributed by atoms with Crippen molar-refractivity contribution in [1.82, 2.24) is 29.8 Å². The number of hydrogen-bond acceptors (Lipinski definition) is 3. The zero-order valence-corrected chi connectivity index (χ0v) is 15.1. The number of carbonyl (C=O) groups excluding carboxylic acids is 2. The molecule has 8 nitrogen and oxygen atoms in total. The van der Waals surface area contributed by atoms with Gasteiger partial charge in [-0.25, -0.2) is 9.59 Å². The third kappa shape index (κ3) is 4.62. The largest absolute Gasteiger partial charge is 0.338 e. The van der Waals surface area contributed by atoms with Crippen molar-refractivity contribution < 1.29 is 9.59 Å². The molecule has 1 saturated heterocycles. The molecule has 1 aliphatic rings. The summed E-state index contributed by atoms with van der Waals surface area (Å²) >= 11 is 0. The number of piperazine rings is 1. The van der Waals surface area contributed by atoms with Crippen LogP contribution < -0.4 is 5.32 Å². The maximum Gasteiger partial charge on any atom is 0.319 e. The smallest absolute Gasteiger partial charge is 0.319 e. The normalized spacial score (nSPS) is 14.7. The van der Waals surface area contributed by atoms with Crippen molar-refractivity contribution >= 4 is 12.1 Å². The van der Waals surface area contributed by atoms with Gasteiger partial charge in [0.1, 0.15) is 0 Å². The van der Waals surface area contributed by atoms with E-state index in [4.69, 9.17) is 0 Å². The van der Waals surface area contributed by atoms with E-state index in [0.29, 0.717) is 32.7 Å². The number of carbonyl (C=O) groups is 2. The van der Waals surface area contributed by atoms with Gasteiger partial charge < -0.3 is 20.0 Å². The molecule has 2 heterocycles. The van der Waals surface area contributed by atoms with E-state index in [-0.39, 0.29) is 12.1 Å². The maximum absolute atomic E-state index is 12.2. The first-order valence-corrected chi connectivity index (χ1v) is 8.38. The number of aryl methyl sites for hydroxylation is 3. The number of rotatable bonds is 4. The zero-order valence-electron chi connectivity index (χ0n) is 15.1. The molecular weight excluding hydrogens is 308 g/mol. The minimum Gasteiger partial charge on any atom is -0.338 e. The fourth-order valence-electron chi connectivity index (χ4n) is 2.82. The first kappa shape index (κ1) is 18.1. The maximum atomic E-state index is 12.2. The van der Waals surface area contributed by atoms with Crippen LogP contribution in [0.4, 0.5) is 9.59 Å². The molecule has 0 unspecified atom stereocenters. The Morgan fingerprint density at radius 3 is 2.33 bits per heavy atom. The van der Waals surface area contributed by atoms with E-state index in [1.807, 2.05) is 24.6 Å². The van der Waals surface area contributed by atoms with Crippen molar-refractivity contribution in [1.29, 1.82) is 0 Å². The van der Waals surface area contributed by atoms with Gasteiger partial charge in [-0.15, -0.1) is 0 Å². The molecule has 1 aromatic heterocycles. The van der Waals surface area contributed by atoms with Crippen molar-refractivity contribution in [3.63, 3.8) is 0 Å². The summed E-state index contributed by atoms with van der Waals surface area (Å²) in [4.78, 5) is 29.1. The van der Waals surface area contributed by atoms with Gasteiger partial charge in [-0.1, -0.05) is 0 Å². The molecular formula is C16H28N6O2. The van der Waals surface area contributed by atoms with E-state index in [1.54, 1.807) is 28.8 Å². The summed E-state index contributed by atoms with van der Waals surface area (Å²) in [6.07, 6.45) is 0.840. The zero-order chi connectivity index (χ0) is 17.7. The standard InChI is InChI=1S/C16H28N6O2/c1-13-12-14(2)22(18-13)7-5-6-17-15(23)20-8-10-21(11-9-20)16(24)19(3)4/h12H,5-11H2,1-4H3,(H,17,23). The quantitative estimate of drug-likeness (QED) is 0.830. The van der Waals surface area contributed by atoms with Gasteiger partial charge in [0.15, 0.2) is 0 Å². The van der Waals surface area contributed by atoms with E-state index >= 15 is 0 Å². The molecule has 1 aliphatic heterocycles. The molecule has 0 bridgehead atoms. The lowest BCUT2D eigenvalue weighted by Gasteiger charge is -2.35. The molecule has 134 valence electrons. The summed E-state index contributed by atoms with van der Waals surface area (Å²) in [6, 6.07) is 1.99. The van der Waals surface area contributed by atoms with Crippen LogP contribution in [0, 0.1) is 13.8 Å². The SMILES string of the molecule is Cc1cc(C)n(CCCNC(=O)N2CCN(C(=O)N(C)C)CC2)n1. The summed E-state index contributed by atoms with van der Waals surface area (Å²) in [5.41, 5.74) is 2.15. The Bertz CT molecular complexity index is 575. The van der Waals surface area contributed by atoms with Gasteiger partial charge in [0.25, 0.3) is 0 Å². The molecule has 0 spiro atoms. The Hall–Kier alpha value is -2.25. The van der Waals surface area contributed by atoms with Gasteiger partial charge in [0.2, 0.25) is 0 Å². The van der Waals surface area contributed by atoms with Crippen LogP contribution in [-0.4, -0.2) is 83.4 Å². The van der Waals surface area contributed by atoms with Crippen molar-refractivity contribution in [3.8, 4) is 0 Å². The van der Waals surface area contributed by atoms with Crippen molar-refractivity contribution in [3.05, 3.63) is 17.5 Å². The number of aromatic nitrogens is 2. The molecule has 4 amide bonds. The predicted molar refractivity (Wildman–Crippen MR) is 91.9 cm³/mol. The summed E-state index contributed by atoms with van der Waals surface area (Å²) in [5, 5.41) is 7.36. The summed E-state index contributed by atoms with van der Waals surface area (Å²) in [7, 11) is 3.48. The number of nitrogens with one attached hydrogen (secondary N) is 1. The van der Waals surface area contributed by atoms with E-state index in [2.05, 4.69) is 10.4 Å². The van der Waals surface area contributed by atoms with Gasteiger partial charge in [-0.3, -0.25) is 4.68 Å². The minimum absolute atomic E-state index is 0.0000518.